The van der Waals surface area contributed by atoms with E-state index in [2.05, 4.69) is 32.3 Å². The second kappa shape index (κ2) is 6.76. The molecule has 0 aromatic carbocycles. The average molecular weight is 304 g/mol. The third kappa shape index (κ3) is 3.56. The minimum Gasteiger partial charge on any atom is -0.367 e. The van der Waals surface area contributed by atoms with Gasteiger partial charge in [-0.3, -0.25) is 0 Å². The summed E-state index contributed by atoms with van der Waals surface area (Å²) in [6.45, 7) is 1.82. The van der Waals surface area contributed by atoms with Crippen molar-refractivity contribution in [1.29, 1.82) is 10.5 Å². The van der Waals surface area contributed by atoms with Crippen LogP contribution in [0.1, 0.15) is 24.0 Å². The summed E-state index contributed by atoms with van der Waals surface area (Å²) >= 11 is 0. The van der Waals surface area contributed by atoms with Crippen molar-refractivity contribution >= 4 is 11.6 Å². The Balaban J connectivity index is 1.55. The molecular formula is C17H16N6. The Morgan fingerprint density at radius 3 is 2.13 bits per heavy atom. The van der Waals surface area contributed by atoms with Crippen LogP contribution in [0.2, 0.25) is 0 Å². The molecule has 2 aromatic heterocycles. The predicted molar refractivity (Wildman–Crippen MR) is 86.8 cm³/mol. The summed E-state index contributed by atoms with van der Waals surface area (Å²) in [7, 11) is 0. The maximum absolute atomic E-state index is 8.81. The molecule has 0 atom stereocenters. The number of aromatic nitrogens is 2. The highest BCUT2D eigenvalue weighted by Gasteiger charge is 2.20. The molecule has 0 amide bonds. The molecule has 23 heavy (non-hydrogen) atoms. The third-order valence-electron chi connectivity index (χ3n) is 3.94. The molecule has 0 unspecified atom stereocenters. The SMILES string of the molecule is N#Cc1ccc(NC2CCN(c3ccc(C#N)cn3)CC2)nc1. The lowest BCUT2D eigenvalue weighted by atomic mass is 10.0. The Kier molecular flexibility index (Phi) is 4.35. The van der Waals surface area contributed by atoms with E-state index in [0.717, 1.165) is 37.6 Å². The summed E-state index contributed by atoms with van der Waals surface area (Å²) in [4.78, 5) is 10.8. The highest BCUT2D eigenvalue weighted by Crippen LogP contribution is 2.20. The van der Waals surface area contributed by atoms with Gasteiger partial charge in [-0.15, -0.1) is 0 Å². The van der Waals surface area contributed by atoms with Crippen LogP contribution in [0.4, 0.5) is 11.6 Å². The predicted octanol–water partition coefficient (Wildman–Crippen LogP) is 2.30. The van der Waals surface area contributed by atoms with Gasteiger partial charge in [0, 0.05) is 31.5 Å². The second-order valence-electron chi connectivity index (χ2n) is 5.47. The van der Waals surface area contributed by atoms with Gasteiger partial charge in [0.15, 0.2) is 0 Å². The van der Waals surface area contributed by atoms with Crippen molar-refractivity contribution in [1.82, 2.24) is 9.97 Å². The Bertz CT molecular complexity index is 731. The number of anilines is 2. The van der Waals surface area contributed by atoms with Crippen LogP contribution < -0.4 is 10.2 Å². The lowest BCUT2D eigenvalue weighted by molar-refractivity contribution is 0.522. The first-order valence-corrected chi connectivity index (χ1v) is 7.52. The monoisotopic (exact) mass is 304 g/mol. The number of nitriles is 2. The molecule has 0 bridgehead atoms. The minimum atomic E-state index is 0.366. The molecule has 1 fully saturated rings. The number of hydrogen-bond donors (Lipinski definition) is 1. The molecule has 3 rings (SSSR count). The molecule has 1 aliphatic rings. The van der Waals surface area contributed by atoms with Crippen LogP contribution in [0.5, 0.6) is 0 Å². The third-order valence-corrected chi connectivity index (χ3v) is 3.94. The number of nitrogens with zero attached hydrogens (tertiary/aromatic N) is 5. The smallest absolute Gasteiger partial charge is 0.128 e. The number of nitrogens with one attached hydrogen (secondary N) is 1. The van der Waals surface area contributed by atoms with E-state index in [1.165, 1.54) is 0 Å². The van der Waals surface area contributed by atoms with Gasteiger partial charge in [0.1, 0.15) is 23.8 Å². The quantitative estimate of drug-likeness (QED) is 0.936. The Morgan fingerprint density at radius 2 is 1.61 bits per heavy atom. The van der Waals surface area contributed by atoms with Crippen LogP contribution in [-0.2, 0) is 0 Å². The highest BCUT2D eigenvalue weighted by atomic mass is 15.2. The molecule has 0 radical (unpaired) electrons. The largest absolute Gasteiger partial charge is 0.367 e. The molecule has 1 saturated heterocycles. The molecule has 1 N–H and O–H groups in total. The van der Waals surface area contributed by atoms with E-state index in [1.54, 1.807) is 24.5 Å². The number of rotatable bonds is 3. The summed E-state index contributed by atoms with van der Waals surface area (Å²) in [6, 6.07) is 11.8. The van der Waals surface area contributed by atoms with Crippen molar-refractivity contribution < 1.29 is 0 Å². The van der Waals surface area contributed by atoms with E-state index in [9.17, 15) is 0 Å². The van der Waals surface area contributed by atoms with E-state index >= 15 is 0 Å². The van der Waals surface area contributed by atoms with E-state index < -0.39 is 0 Å². The Labute approximate surface area is 135 Å². The van der Waals surface area contributed by atoms with Gasteiger partial charge in [-0.1, -0.05) is 0 Å². The zero-order valence-corrected chi connectivity index (χ0v) is 12.6. The Morgan fingerprint density at radius 1 is 0.957 bits per heavy atom. The van der Waals surface area contributed by atoms with E-state index in [0.29, 0.717) is 17.2 Å². The highest BCUT2D eigenvalue weighted by molar-refractivity contribution is 5.43. The summed E-state index contributed by atoms with van der Waals surface area (Å²) in [6.07, 6.45) is 5.17. The van der Waals surface area contributed by atoms with Gasteiger partial charge in [0.2, 0.25) is 0 Å². The fourth-order valence-electron chi connectivity index (χ4n) is 2.65. The molecule has 1 aliphatic heterocycles. The van der Waals surface area contributed by atoms with Gasteiger partial charge < -0.3 is 10.2 Å². The van der Waals surface area contributed by atoms with Crippen molar-refractivity contribution in [3.05, 3.63) is 47.8 Å². The first-order valence-electron chi connectivity index (χ1n) is 7.52. The summed E-state index contributed by atoms with van der Waals surface area (Å²) < 4.78 is 0. The van der Waals surface area contributed by atoms with Crippen molar-refractivity contribution in [3.63, 3.8) is 0 Å². The van der Waals surface area contributed by atoms with E-state index in [1.807, 2.05) is 12.1 Å². The summed E-state index contributed by atoms with van der Waals surface area (Å²) in [5.74, 6) is 1.72. The molecule has 6 heteroatoms. The van der Waals surface area contributed by atoms with Crippen LogP contribution in [0.15, 0.2) is 36.7 Å². The van der Waals surface area contributed by atoms with Gasteiger partial charge in [0.25, 0.3) is 0 Å². The lowest BCUT2D eigenvalue weighted by Gasteiger charge is -2.33. The molecule has 114 valence electrons. The van der Waals surface area contributed by atoms with Crippen molar-refractivity contribution in [2.24, 2.45) is 0 Å². The average Bonchev–Trinajstić information content (AvgIpc) is 2.63. The number of hydrogen-bond acceptors (Lipinski definition) is 6. The first-order chi connectivity index (χ1) is 11.3. The van der Waals surface area contributed by atoms with Crippen LogP contribution in [0.3, 0.4) is 0 Å². The zero-order chi connectivity index (χ0) is 16.1. The number of piperidine rings is 1. The Hall–Kier alpha value is -3.12. The van der Waals surface area contributed by atoms with Crippen LogP contribution in [0.25, 0.3) is 0 Å². The molecule has 3 heterocycles. The van der Waals surface area contributed by atoms with Crippen molar-refractivity contribution in [3.8, 4) is 12.1 Å². The van der Waals surface area contributed by atoms with Crippen LogP contribution in [-0.4, -0.2) is 29.1 Å². The lowest BCUT2D eigenvalue weighted by Crippen LogP contribution is -2.39. The van der Waals surface area contributed by atoms with Crippen molar-refractivity contribution in [2.75, 3.05) is 23.3 Å². The maximum Gasteiger partial charge on any atom is 0.128 e. The summed E-state index contributed by atoms with van der Waals surface area (Å²) in [5.41, 5.74) is 1.15. The summed E-state index contributed by atoms with van der Waals surface area (Å²) in [5, 5.41) is 21.0. The van der Waals surface area contributed by atoms with Crippen LogP contribution >= 0.6 is 0 Å². The fraction of sp³-hybridized carbons (Fsp3) is 0.294. The van der Waals surface area contributed by atoms with Gasteiger partial charge in [0.05, 0.1) is 11.1 Å². The van der Waals surface area contributed by atoms with Gasteiger partial charge in [-0.05, 0) is 37.1 Å². The molecule has 6 nitrogen and oxygen atoms in total. The molecular weight excluding hydrogens is 288 g/mol. The molecule has 0 saturated carbocycles. The van der Waals surface area contributed by atoms with Crippen molar-refractivity contribution in [2.45, 2.75) is 18.9 Å². The van der Waals surface area contributed by atoms with E-state index in [-0.39, 0.29) is 0 Å². The maximum atomic E-state index is 8.81. The van der Waals surface area contributed by atoms with Crippen LogP contribution in [0, 0.1) is 22.7 Å². The van der Waals surface area contributed by atoms with Gasteiger partial charge >= 0.3 is 0 Å². The second-order valence-corrected chi connectivity index (χ2v) is 5.47. The fourth-order valence-corrected chi connectivity index (χ4v) is 2.65. The molecule has 0 aliphatic carbocycles. The topological polar surface area (TPSA) is 88.6 Å². The standard InChI is InChI=1S/C17H16N6/c18-9-13-1-3-16(20-11-13)22-15-5-7-23(8-6-15)17-4-2-14(10-19)12-21-17/h1-4,11-12,15H,5-8H2,(H,20,22). The first kappa shape index (κ1) is 14.8. The zero-order valence-electron chi connectivity index (χ0n) is 12.6. The molecule has 2 aromatic rings. The number of pyridine rings is 2. The normalized spacial score (nSPS) is 14.8. The van der Waals surface area contributed by atoms with Gasteiger partial charge in [-0.25, -0.2) is 9.97 Å². The van der Waals surface area contributed by atoms with Gasteiger partial charge in [-0.2, -0.15) is 10.5 Å². The minimum absolute atomic E-state index is 0.366. The molecule has 0 spiro atoms. The van der Waals surface area contributed by atoms with E-state index in [4.69, 9.17) is 10.5 Å².